The zero-order valence-electron chi connectivity index (χ0n) is 16.8. The first-order valence-electron chi connectivity index (χ1n) is 10.9. The van der Waals surface area contributed by atoms with Gasteiger partial charge in [-0.3, -0.25) is 14.9 Å². The molecule has 0 bridgehead atoms. The molecule has 5 atom stereocenters. The number of hydrogen-bond donors (Lipinski definition) is 3. The second kappa shape index (κ2) is 9.25. The summed E-state index contributed by atoms with van der Waals surface area (Å²) in [7, 11) is 0. The van der Waals surface area contributed by atoms with Gasteiger partial charge in [0, 0.05) is 6.04 Å². The van der Waals surface area contributed by atoms with Gasteiger partial charge in [0.05, 0.1) is 6.04 Å². The Bertz CT molecular complexity index is 589. The summed E-state index contributed by atoms with van der Waals surface area (Å²) in [6.45, 7) is 1.67. The van der Waals surface area contributed by atoms with Crippen LogP contribution in [0.5, 0.6) is 0 Å². The van der Waals surface area contributed by atoms with Gasteiger partial charge in [-0.15, -0.1) is 0 Å². The lowest BCUT2D eigenvalue weighted by atomic mass is 9.84. The van der Waals surface area contributed by atoms with Crippen LogP contribution >= 0.6 is 0 Å². The van der Waals surface area contributed by atoms with E-state index >= 15 is 0 Å². The Kier molecular flexibility index (Phi) is 6.96. The van der Waals surface area contributed by atoms with Crippen LogP contribution in [0.2, 0.25) is 0 Å². The van der Waals surface area contributed by atoms with Crippen LogP contribution in [0.3, 0.4) is 0 Å². The molecule has 3 rings (SSSR count). The number of nitrogens with one attached hydrogen (secondary N) is 1. The highest BCUT2D eigenvalue weighted by atomic mass is 16.4. The monoisotopic (exact) mass is 394 g/mol. The first-order chi connectivity index (χ1) is 13.4. The van der Waals surface area contributed by atoms with Crippen LogP contribution in [0.4, 0.5) is 0 Å². The van der Waals surface area contributed by atoms with Gasteiger partial charge in [-0.05, 0) is 44.4 Å². The maximum absolute atomic E-state index is 13.2. The molecule has 7 nitrogen and oxygen atoms in total. The Morgan fingerprint density at radius 3 is 2.29 bits per heavy atom. The van der Waals surface area contributed by atoms with Gasteiger partial charge in [-0.25, -0.2) is 4.79 Å². The molecule has 3 aliphatic rings. The van der Waals surface area contributed by atoms with Crippen molar-refractivity contribution < 1.29 is 24.6 Å². The molecule has 3 unspecified atom stereocenters. The highest BCUT2D eigenvalue weighted by molar-refractivity contribution is 5.88. The maximum Gasteiger partial charge on any atom is 0.326 e. The number of hydrogen-bond acceptors (Lipinski definition) is 4. The molecule has 0 spiro atoms. The van der Waals surface area contributed by atoms with Crippen molar-refractivity contribution in [1.29, 1.82) is 0 Å². The third-order valence-electron chi connectivity index (χ3n) is 7.04. The van der Waals surface area contributed by atoms with Gasteiger partial charge in [-0.1, -0.05) is 44.9 Å². The fourth-order valence-corrected chi connectivity index (χ4v) is 5.59. The number of aliphatic carboxylic acids is 2. The summed E-state index contributed by atoms with van der Waals surface area (Å²) in [6, 6.07) is -2.28. The fraction of sp³-hybridized carbons (Fsp3) is 0.857. The number of carboxylic acid groups (broad SMARTS) is 2. The van der Waals surface area contributed by atoms with Crippen molar-refractivity contribution >= 4 is 17.8 Å². The molecular weight excluding hydrogens is 360 g/mol. The van der Waals surface area contributed by atoms with Crippen LogP contribution < -0.4 is 5.32 Å². The van der Waals surface area contributed by atoms with E-state index in [-0.39, 0.29) is 17.9 Å². The molecule has 2 aliphatic carbocycles. The average molecular weight is 395 g/mol. The highest BCUT2D eigenvalue weighted by Crippen LogP contribution is 2.40. The van der Waals surface area contributed by atoms with Gasteiger partial charge >= 0.3 is 11.9 Å². The van der Waals surface area contributed by atoms with Crippen molar-refractivity contribution in [3.05, 3.63) is 0 Å². The predicted octanol–water partition coefficient (Wildman–Crippen LogP) is 2.63. The zero-order chi connectivity index (χ0) is 20.3. The topological polar surface area (TPSA) is 107 Å². The van der Waals surface area contributed by atoms with Gasteiger partial charge in [0.15, 0.2) is 0 Å². The van der Waals surface area contributed by atoms with E-state index in [0.717, 1.165) is 51.4 Å². The van der Waals surface area contributed by atoms with Crippen LogP contribution in [0.15, 0.2) is 0 Å². The van der Waals surface area contributed by atoms with Crippen molar-refractivity contribution in [2.24, 2.45) is 11.8 Å². The van der Waals surface area contributed by atoms with Crippen LogP contribution in [0.25, 0.3) is 0 Å². The van der Waals surface area contributed by atoms with E-state index in [2.05, 4.69) is 5.32 Å². The highest BCUT2D eigenvalue weighted by Gasteiger charge is 2.48. The SMILES string of the molecule is CC(N[C@@H](CC1CCCCC1)C(=O)O)C(=O)N1C2CCCCC2C[C@H]1C(=O)O. The van der Waals surface area contributed by atoms with Crippen LogP contribution in [0, 0.1) is 11.8 Å². The van der Waals surface area contributed by atoms with Gasteiger partial charge in [-0.2, -0.15) is 0 Å². The first-order valence-corrected chi connectivity index (χ1v) is 10.9. The van der Waals surface area contributed by atoms with Gasteiger partial charge in [0.25, 0.3) is 0 Å². The van der Waals surface area contributed by atoms with E-state index < -0.39 is 30.1 Å². The fourth-order valence-electron chi connectivity index (χ4n) is 5.59. The molecule has 1 amide bonds. The normalized spacial score (nSPS) is 30.5. The Morgan fingerprint density at radius 2 is 1.64 bits per heavy atom. The quantitative estimate of drug-likeness (QED) is 0.613. The molecule has 0 aromatic rings. The first kappa shape index (κ1) is 21.1. The molecule has 1 saturated heterocycles. The molecule has 158 valence electrons. The van der Waals surface area contributed by atoms with E-state index in [1.165, 1.54) is 6.42 Å². The molecule has 28 heavy (non-hydrogen) atoms. The van der Waals surface area contributed by atoms with Crippen molar-refractivity contribution in [2.75, 3.05) is 0 Å². The molecule has 2 saturated carbocycles. The van der Waals surface area contributed by atoms with Crippen molar-refractivity contribution in [3.63, 3.8) is 0 Å². The van der Waals surface area contributed by atoms with Crippen molar-refractivity contribution in [2.45, 2.75) is 102 Å². The van der Waals surface area contributed by atoms with E-state index in [1.807, 2.05) is 0 Å². The minimum atomic E-state index is -0.952. The number of nitrogens with zero attached hydrogens (tertiary/aromatic N) is 1. The summed E-state index contributed by atoms with van der Waals surface area (Å²) in [5, 5.41) is 22.3. The third kappa shape index (κ3) is 4.67. The van der Waals surface area contributed by atoms with E-state index in [0.29, 0.717) is 18.8 Å². The number of rotatable bonds is 7. The number of carboxylic acids is 2. The maximum atomic E-state index is 13.2. The standard InChI is InChI=1S/C21H34N2O5/c1-13(22-16(20(25)26)11-14-7-3-2-4-8-14)19(24)23-17-10-6-5-9-15(17)12-18(23)21(27)28/h13-18,22H,2-12H2,1H3,(H,25,26)(H,27,28)/t13?,15?,16-,17?,18-/m0/s1. The minimum Gasteiger partial charge on any atom is -0.480 e. The summed E-state index contributed by atoms with van der Waals surface area (Å²) >= 11 is 0. The van der Waals surface area contributed by atoms with Crippen molar-refractivity contribution in [3.8, 4) is 0 Å². The molecule has 3 fully saturated rings. The van der Waals surface area contributed by atoms with Crippen LogP contribution in [-0.4, -0.2) is 57.1 Å². The Labute approximate surface area is 166 Å². The number of likely N-dealkylation sites (tertiary alicyclic amines) is 1. The lowest BCUT2D eigenvalue weighted by Gasteiger charge is -2.35. The number of amides is 1. The molecular formula is C21H34N2O5. The average Bonchev–Trinajstić information content (AvgIpc) is 3.07. The van der Waals surface area contributed by atoms with Gasteiger partial charge in [0.2, 0.25) is 5.91 Å². The molecule has 3 N–H and O–H groups in total. The summed E-state index contributed by atoms with van der Waals surface area (Å²) in [6.07, 6.45) is 10.6. The number of carbonyl (C=O) groups excluding carboxylic acids is 1. The Balaban J connectivity index is 1.66. The number of carbonyl (C=O) groups is 3. The molecule has 1 heterocycles. The smallest absolute Gasteiger partial charge is 0.326 e. The lowest BCUT2D eigenvalue weighted by Crippen LogP contribution is -2.55. The lowest BCUT2D eigenvalue weighted by molar-refractivity contribution is -0.151. The molecule has 0 aromatic carbocycles. The molecule has 7 heteroatoms. The number of fused-ring (bicyclic) bond motifs is 1. The Hall–Kier alpha value is -1.63. The summed E-state index contributed by atoms with van der Waals surface area (Å²) in [4.78, 5) is 38.3. The molecule has 0 aromatic heterocycles. The second-order valence-electron chi connectivity index (χ2n) is 8.97. The summed E-state index contributed by atoms with van der Waals surface area (Å²) in [5.41, 5.74) is 0. The zero-order valence-corrected chi connectivity index (χ0v) is 16.8. The van der Waals surface area contributed by atoms with E-state index in [9.17, 15) is 24.6 Å². The van der Waals surface area contributed by atoms with Gasteiger partial charge in [0.1, 0.15) is 12.1 Å². The largest absolute Gasteiger partial charge is 0.480 e. The predicted molar refractivity (Wildman–Crippen MR) is 104 cm³/mol. The summed E-state index contributed by atoms with van der Waals surface area (Å²) < 4.78 is 0. The van der Waals surface area contributed by atoms with E-state index in [4.69, 9.17) is 0 Å². The Morgan fingerprint density at radius 1 is 1.00 bits per heavy atom. The van der Waals surface area contributed by atoms with Crippen molar-refractivity contribution in [1.82, 2.24) is 10.2 Å². The minimum absolute atomic E-state index is 0.0202. The second-order valence-corrected chi connectivity index (χ2v) is 8.97. The van der Waals surface area contributed by atoms with Gasteiger partial charge < -0.3 is 15.1 Å². The molecule has 0 radical (unpaired) electrons. The van der Waals surface area contributed by atoms with E-state index in [1.54, 1.807) is 11.8 Å². The molecule has 1 aliphatic heterocycles. The van der Waals surface area contributed by atoms with Crippen LogP contribution in [-0.2, 0) is 14.4 Å². The summed E-state index contributed by atoms with van der Waals surface area (Å²) in [5.74, 6) is -1.52. The third-order valence-corrected chi connectivity index (χ3v) is 7.04. The van der Waals surface area contributed by atoms with Crippen LogP contribution in [0.1, 0.15) is 77.6 Å².